The molecule has 0 heterocycles. The summed E-state index contributed by atoms with van der Waals surface area (Å²) in [6, 6.07) is 0. The summed E-state index contributed by atoms with van der Waals surface area (Å²) in [6.45, 7) is 3.85. The molecule has 48 valence electrons. The van der Waals surface area contributed by atoms with Gasteiger partial charge in [-0.1, -0.05) is 28.1 Å². The summed E-state index contributed by atoms with van der Waals surface area (Å²) in [5, 5.41) is 0.952. The molecule has 0 saturated carbocycles. The van der Waals surface area contributed by atoms with E-state index in [4.69, 9.17) is 0 Å². The van der Waals surface area contributed by atoms with E-state index in [-0.39, 0.29) is 0 Å². The second-order valence-corrected chi connectivity index (χ2v) is 3.17. The Morgan fingerprint density at radius 2 is 2.38 bits per heavy atom. The van der Waals surface area contributed by atoms with Gasteiger partial charge in [-0.25, -0.2) is 0 Å². The molecule has 0 saturated heterocycles. The molecule has 0 fully saturated rings. The van der Waals surface area contributed by atoms with Crippen LogP contribution in [0.3, 0.4) is 0 Å². The van der Waals surface area contributed by atoms with Crippen LogP contribution in [0.1, 0.15) is 6.42 Å². The summed E-state index contributed by atoms with van der Waals surface area (Å²) in [4.78, 5) is 0. The Kier molecular flexibility index (Phi) is 6.11. The fourth-order valence-electron chi connectivity index (χ4n) is 0.313. The summed E-state index contributed by atoms with van der Waals surface area (Å²) < 4.78 is 0. The zero-order chi connectivity index (χ0) is 6.41. The molecule has 0 spiro atoms. The van der Waals surface area contributed by atoms with Crippen molar-refractivity contribution < 1.29 is 0 Å². The zero-order valence-corrected chi connectivity index (χ0v) is 7.52. The normalized spacial score (nSPS) is 9.25. The highest BCUT2D eigenvalue weighted by atomic mass is 79.9. The monoisotopic (exact) mass is 194 g/mol. The highest BCUT2D eigenvalue weighted by Gasteiger charge is 1.88. The summed E-state index contributed by atoms with van der Waals surface area (Å²) >= 11 is 5.20. The van der Waals surface area contributed by atoms with E-state index < -0.39 is 0 Å². The van der Waals surface area contributed by atoms with Crippen LogP contribution < -0.4 is 0 Å². The van der Waals surface area contributed by atoms with Gasteiger partial charge in [-0.15, -0.1) is 0 Å². The first-order chi connectivity index (χ1) is 3.81. The van der Waals surface area contributed by atoms with Gasteiger partial charge in [0.25, 0.3) is 0 Å². The van der Waals surface area contributed by atoms with Gasteiger partial charge in [0.15, 0.2) is 0 Å². The van der Waals surface area contributed by atoms with Gasteiger partial charge in [0.1, 0.15) is 0 Å². The largest absolute Gasteiger partial charge is 0.165 e. The lowest BCUT2D eigenvalue weighted by molar-refractivity contribution is 1.14. The minimum Gasteiger partial charge on any atom is -0.165 e. The van der Waals surface area contributed by atoms with Gasteiger partial charge in [0, 0.05) is 5.33 Å². The Balaban J connectivity index is 2.99. The molecule has 0 rings (SSSR count). The van der Waals surface area contributed by atoms with E-state index in [2.05, 4.69) is 28.8 Å². The van der Waals surface area contributed by atoms with Gasteiger partial charge >= 0.3 is 0 Å². The third kappa shape index (κ3) is 4.72. The molecule has 0 nitrogen and oxygen atoms in total. The molecule has 0 unspecified atom stereocenters. The Morgan fingerprint density at radius 1 is 1.75 bits per heavy atom. The molecule has 0 bridgehead atoms. The van der Waals surface area contributed by atoms with E-state index >= 15 is 0 Å². The first kappa shape index (κ1) is 8.57. The average molecular weight is 195 g/mol. The molecule has 0 atom stereocenters. The van der Waals surface area contributed by atoms with Crippen LogP contribution in [0.25, 0.3) is 0 Å². The summed E-state index contributed by atoms with van der Waals surface area (Å²) in [5.41, 5.74) is 1.29. The standard InChI is InChI=1S/C6H11BrS/c1-6(5-7)3-4-8-2/h1,3-5H2,2H3. The zero-order valence-electron chi connectivity index (χ0n) is 5.11. The van der Waals surface area contributed by atoms with Crippen molar-refractivity contribution in [1.82, 2.24) is 0 Å². The third-order valence-corrected chi connectivity index (χ3v) is 2.25. The van der Waals surface area contributed by atoms with Gasteiger partial charge in [-0.3, -0.25) is 0 Å². The van der Waals surface area contributed by atoms with E-state index in [9.17, 15) is 0 Å². The highest BCUT2D eigenvalue weighted by Crippen LogP contribution is 2.05. The van der Waals surface area contributed by atoms with Crippen LogP contribution in [-0.2, 0) is 0 Å². The molecular formula is C6H11BrS. The molecule has 0 amide bonds. The van der Waals surface area contributed by atoms with Crippen LogP contribution in [0.5, 0.6) is 0 Å². The Bertz CT molecular complexity index is 70.9. The smallest absolute Gasteiger partial charge is 0.0239 e. The first-order valence-corrected chi connectivity index (χ1v) is 5.04. The molecule has 0 N–H and O–H groups in total. The minimum atomic E-state index is 0.952. The lowest BCUT2D eigenvalue weighted by Gasteiger charge is -1.95. The molecule has 2 heteroatoms. The van der Waals surface area contributed by atoms with Crippen LogP contribution in [0.4, 0.5) is 0 Å². The Labute approximate surface area is 63.9 Å². The number of thioether (sulfide) groups is 1. The molecule has 0 aromatic carbocycles. The van der Waals surface area contributed by atoms with Crippen molar-refractivity contribution in [3.05, 3.63) is 12.2 Å². The number of hydrogen-bond acceptors (Lipinski definition) is 1. The van der Waals surface area contributed by atoms with E-state index in [1.165, 1.54) is 11.3 Å². The average Bonchev–Trinajstić information content (AvgIpc) is 1.83. The van der Waals surface area contributed by atoms with Crippen LogP contribution in [0, 0.1) is 0 Å². The lowest BCUT2D eigenvalue weighted by atomic mass is 10.3. The van der Waals surface area contributed by atoms with E-state index in [1.807, 2.05) is 11.8 Å². The molecule has 0 aliphatic rings. The number of hydrogen-bond donors (Lipinski definition) is 0. The van der Waals surface area contributed by atoms with Gasteiger partial charge in [-0.05, 0) is 18.4 Å². The number of halogens is 1. The van der Waals surface area contributed by atoms with Crippen LogP contribution >= 0.6 is 27.7 Å². The van der Waals surface area contributed by atoms with E-state index in [0.29, 0.717) is 0 Å². The fourth-order valence-corrected chi connectivity index (χ4v) is 1.09. The van der Waals surface area contributed by atoms with Gasteiger partial charge in [0.05, 0.1) is 0 Å². The van der Waals surface area contributed by atoms with Crippen molar-refractivity contribution in [1.29, 1.82) is 0 Å². The van der Waals surface area contributed by atoms with Crippen LogP contribution in [0.2, 0.25) is 0 Å². The van der Waals surface area contributed by atoms with Crippen LogP contribution in [-0.4, -0.2) is 17.3 Å². The quantitative estimate of drug-likeness (QED) is 0.491. The molecular weight excluding hydrogens is 184 g/mol. The van der Waals surface area contributed by atoms with Gasteiger partial charge in [0.2, 0.25) is 0 Å². The fraction of sp³-hybridized carbons (Fsp3) is 0.667. The van der Waals surface area contributed by atoms with Gasteiger partial charge in [-0.2, -0.15) is 11.8 Å². The minimum absolute atomic E-state index is 0.952. The second-order valence-electron chi connectivity index (χ2n) is 1.63. The molecule has 0 radical (unpaired) electrons. The summed E-state index contributed by atoms with van der Waals surface area (Å²) in [5.74, 6) is 1.20. The SMILES string of the molecule is C=C(CBr)CCSC. The second kappa shape index (κ2) is 5.70. The number of rotatable bonds is 4. The van der Waals surface area contributed by atoms with Crippen molar-refractivity contribution in [2.24, 2.45) is 0 Å². The van der Waals surface area contributed by atoms with Crippen molar-refractivity contribution >= 4 is 27.7 Å². The summed E-state index contributed by atoms with van der Waals surface area (Å²) in [6.07, 6.45) is 3.26. The van der Waals surface area contributed by atoms with Crippen molar-refractivity contribution in [3.8, 4) is 0 Å². The third-order valence-electron chi connectivity index (χ3n) is 0.849. The lowest BCUT2D eigenvalue weighted by Crippen LogP contribution is -1.83. The predicted molar refractivity (Wildman–Crippen MR) is 45.9 cm³/mol. The predicted octanol–water partition coefficient (Wildman–Crippen LogP) is 2.69. The van der Waals surface area contributed by atoms with E-state index in [1.54, 1.807) is 0 Å². The Hall–Kier alpha value is 0.570. The number of allylic oxidation sites excluding steroid dienone is 1. The maximum atomic E-state index is 3.85. The number of alkyl halides is 1. The highest BCUT2D eigenvalue weighted by molar-refractivity contribution is 9.09. The maximum absolute atomic E-state index is 3.85. The topological polar surface area (TPSA) is 0 Å². The molecule has 0 aliphatic carbocycles. The Morgan fingerprint density at radius 3 is 2.75 bits per heavy atom. The van der Waals surface area contributed by atoms with Crippen molar-refractivity contribution in [2.75, 3.05) is 17.3 Å². The molecule has 8 heavy (non-hydrogen) atoms. The maximum Gasteiger partial charge on any atom is 0.0239 e. The first-order valence-electron chi connectivity index (χ1n) is 2.52. The van der Waals surface area contributed by atoms with Gasteiger partial charge < -0.3 is 0 Å². The van der Waals surface area contributed by atoms with Crippen LogP contribution in [0.15, 0.2) is 12.2 Å². The van der Waals surface area contributed by atoms with E-state index in [0.717, 1.165) is 11.8 Å². The molecule has 0 aromatic rings. The van der Waals surface area contributed by atoms with Crippen molar-refractivity contribution in [3.63, 3.8) is 0 Å². The summed E-state index contributed by atoms with van der Waals surface area (Å²) in [7, 11) is 0. The van der Waals surface area contributed by atoms with Crippen molar-refractivity contribution in [2.45, 2.75) is 6.42 Å². The molecule has 0 aromatic heterocycles. The molecule has 0 aliphatic heterocycles.